The van der Waals surface area contributed by atoms with Crippen LogP contribution in [0.25, 0.3) is 0 Å². The Morgan fingerprint density at radius 1 is 1.28 bits per heavy atom. The van der Waals surface area contributed by atoms with Crippen molar-refractivity contribution in [3.8, 4) is 0 Å². The zero-order chi connectivity index (χ0) is 21.0. The first-order chi connectivity index (χ1) is 13.8. The summed E-state index contributed by atoms with van der Waals surface area (Å²) < 4.78 is 27.3. The summed E-state index contributed by atoms with van der Waals surface area (Å²) in [6.07, 6.45) is 0.454. The second-order valence-electron chi connectivity index (χ2n) is 7.56. The standard InChI is InChI=1S/C22H23ClF2N2O2/c1-14(2)9-22(28)27(12-15-7-8-16(24)10-20(15)25)13-17-11-21(26-29-17)18-5-3-4-6-19(18)23/h3-8,10,14,17H,9,11-13H2,1-2H3. The Labute approximate surface area is 174 Å². The molecule has 0 aromatic heterocycles. The minimum atomic E-state index is -0.673. The van der Waals surface area contributed by atoms with Crippen LogP contribution in [0.4, 0.5) is 8.78 Å². The van der Waals surface area contributed by atoms with Crippen LogP contribution in [0.2, 0.25) is 5.02 Å². The lowest BCUT2D eigenvalue weighted by atomic mass is 10.0. The third-order valence-corrected chi connectivity index (χ3v) is 4.98. The van der Waals surface area contributed by atoms with Gasteiger partial charge in [-0.1, -0.05) is 54.9 Å². The molecule has 0 saturated carbocycles. The average Bonchev–Trinajstić information content (AvgIpc) is 3.11. The number of hydrogen-bond acceptors (Lipinski definition) is 3. The topological polar surface area (TPSA) is 41.9 Å². The number of halogens is 3. The van der Waals surface area contributed by atoms with E-state index in [0.717, 1.165) is 11.6 Å². The van der Waals surface area contributed by atoms with Gasteiger partial charge >= 0.3 is 0 Å². The van der Waals surface area contributed by atoms with Gasteiger partial charge in [-0.25, -0.2) is 8.78 Å². The Morgan fingerprint density at radius 3 is 2.72 bits per heavy atom. The number of benzene rings is 2. The first-order valence-electron chi connectivity index (χ1n) is 9.52. The van der Waals surface area contributed by atoms with Gasteiger partial charge in [0.2, 0.25) is 5.91 Å². The van der Waals surface area contributed by atoms with Crippen molar-refractivity contribution in [1.29, 1.82) is 0 Å². The molecular weight excluding hydrogens is 398 g/mol. The highest BCUT2D eigenvalue weighted by Crippen LogP contribution is 2.24. The van der Waals surface area contributed by atoms with Crippen molar-refractivity contribution in [2.24, 2.45) is 11.1 Å². The maximum atomic E-state index is 14.1. The van der Waals surface area contributed by atoms with Crippen LogP contribution in [0.15, 0.2) is 47.6 Å². The number of carbonyl (C=O) groups is 1. The Balaban J connectivity index is 1.72. The lowest BCUT2D eigenvalue weighted by Gasteiger charge is -2.26. The van der Waals surface area contributed by atoms with Gasteiger partial charge in [0.1, 0.15) is 11.6 Å². The van der Waals surface area contributed by atoms with Crippen LogP contribution < -0.4 is 0 Å². The van der Waals surface area contributed by atoms with E-state index in [9.17, 15) is 13.6 Å². The highest BCUT2D eigenvalue weighted by atomic mass is 35.5. The van der Waals surface area contributed by atoms with Gasteiger partial charge in [-0.2, -0.15) is 0 Å². The predicted molar refractivity (Wildman–Crippen MR) is 109 cm³/mol. The second-order valence-corrected chi connectivity index (χ2v) is 7.96. The smallest absolute Gasteiger partial charge is 0.223 e. The predicted octanol–water partition coefficient (Wildman–Crippen LogP) is 5.19. The van der Waals surface area contributed by atoms with Crippen molar-refractivity contribution in [1.82, 2.24) is 4.90 Å². The summed E-state index contributed by atoms with van der Waals surface area (Å²) in [5, 5.41) is 4.71. The van der Waals surface area contributed by atoms with E-state index in [-0.39, 0.29) is 36.6 Å². The van der Waals surface area contributed by atoms with E-state index in [1.165, 1.54) is 12.1 Å². The molecule has 3 rings (SSSR count). The van der Waals surface area contributed by atoms with E-state index in [0.29, 0.717) is 23.6 Å². The van der Waals surface area contributed by atoms with E-state index in [1.54, 1.807) is 11.0 Å². The van der Waals surface area contributed by atoms with Gasteiger partial charge in [0.25, 0.3) is 0 Å². The lowest BCUT2D eigenvalue weighted by Crippen LogP contribution is -2.38. The van der Waals surface area contributed by atoms with Crippen molar-refractivity contribution < 1.29 is 18.4 Å². The fourth-order valence-corrected chi connectivity index (χ4v) is 3.46. The fourth-order valence-electron chi connectivity index (χ4n) is 3.21. The molecular formula is C22H23ClF2N2O2. The van der Waals surface area contributed by atoms with E-state index >= 15 is 0 Å². The summed E-state index contributed by atoms with van der Waals surface area (Å²) in [5.41, 5.74) is 1.76. The molecule has 0 aliphatic carbocycles. The van der Waals surface area contributed by atoms with Crippen molar-refractivity contribution >= 4 is 23.2 Å². The molecule has 0 bridgehead atoms. The molecule has 4 nitrogen and oxygen atoms in total. The monoisotopic (exact) mass is 420 g/mol. The van der Waals surface area contributed by atoms with E-state index in [1.807, 2.05) is 32.0 Å². The van der Waals surface area contributed by atoms with Crippen LogP contribution in [0.5, 0.6) is 0 Å². The molecule has 2 aromatic rings. The molecule has 1 heterocycles. The zero-order valence-corrected chi connectivity index (χ0v) is 17.1. The maximum absolute atomic E-state index is 14.1. The highest BCUT2D eigenvalue weighted by molar-refractivity contribution is 6.34. The first-order valence-corrected chi connectivity index (χ1v) is 9.90. The third kappa shape index (κ3) is 5.54. The molecule has 29 heavy (non-hydrogen) atoms. The minimum Gasteiger partial charge on any atom is -0.390 e. The molecule has 0 fully saturated rings. The number of oxime groups is 1. The molecule has 2 aromatic carbocycles. The SMILES string of the molecule is CC(C)CC(=O)N(Cc1ccc(F)cc1F)CC1CC(c2ccccc2Cl)=NO1. The molecule has 0 spiro atoms. The summed E-state index contributed by atoms with van der Waals surface area (Å²) in [6.45, 7) is 4.18. The number of nitrogens with zero attached hydrogens (tertiary/aromatic N) is 2. The van der Waals surface area contributed by atoms with Crippen molar-refractivity contribution in [3.05, 3.63) is 70.2 Å². The summed E-state index contributed by atoms with van der Waals surface area (Å²) in [6, 6.07) is 10.7. The van der Waals surface area contributed by atoms with Gasteiger partial charge in [0, 0.05) is 41.6 Å². The van der Waals surface area contributed by atoms with Crippen molar-refractivity contribution in [3.63, 3.8) is 0 Å². The van der Waals surface area contributed by atoms with Crippen LogP contribution >= 0.6 is 11.6 Å². The summed E-state index contributed by atoms with van der Waals surface area (Å²) >= 11 is 6.23. The molecule has 1 aliphatic rings. The Hall–Kier alpha value is -2.47. The van der Waals surface area contributed by atoms with Crippen LogP contribution in [0, 0.1) is 17.6 Å². The van der Waals surface area contributed by atoms with Gasteiger partial charge in [-0.3, -0.25) is 4.79 Å². The van der Waals surface area contributed by atoms with Crippen molar-refractivity contribution in [2.45, 2.75) is 39.3 Å². The number of hydrogen-bond donors (Lipinski definition) is 0. The summed E-state index contributed by atoms with van der Waals surface area (Å²) in [7, 11) is 0. The van der Waals surface area contributed by atoms with Crippen LogP contribution in [-0.4, -0.2) is 29.2 Å². The van der Waals surface area contributed by atoms with Crippen molar-refractivity contribution in [2.75, 3.05) is 6.54 Å². The first kappa shape index (κ1) is 21.2. The van der Waals surface area contributed by atoms with Crippen LogP contribution in [0.1, 0.15) is 37.8 Å². The Morgan fingerprint density at radius 2 is 2.03 bits per heavy atom. The van der Waals surface area contributed by atoms with Gasteiger partial charge in [0.15, 0.2) is 6.10 Å². The molecule has 1 atom stereocenters. The van der Waals surface area contributed by atoms with Gasteiger partial charge < -0.3 is 9.74 Å². The normalized spacial score (nSPS) is 15.9. The molecule has 1 aliphatic heterocycles. The van der Waals surface area contributed by atoms with Crippen LogP contribution in [0.3, 0.4) is 0 Å². The number of carbonyl (C=O) groups excluding carboxylic acids is 1. The molecule has 1 unspecified atom stereocenters. The third-order valence-electron chi connectivity index (χ3n) is 4.65. The summed E-state index contributed by atoms with van der Waals surface area (Å²) in [4.78, 5) is 19.8. The molecule has 0 N–H and O–H groups in total. The molecule has 0 saturated heterocycles. The van der Waals surface area contributed by atoms with E-state index in [2.05, 4.69) is 5.16 Å². The average molecular weight is 421 g/mol. The maximum Gasteiger partial charge on any atom is 0.223 e. The molecule has 0 radical (unpaired) electrons. The van der Waals surface area contributed by atoms with Gasteiger partial charge in [-0.15, -0.1) is 0 Å². The summed E-state index contributed by atoms with van der Waals surface area (Å²) in [5.74, 6) is -1.28. The van der Waals surface area contributed by atoms with E-state index < -0.39 is 11.6 Å². The Bertz CT molecular complexity index is 917. The quantitative estimate of drug-likeness (QED) is 0.618. The second kappa shape index (κ2) is 9.35. The van der Waals surface area contributed by atoms with E-state index in [4.69, 9.17) is 16.4 Å². The lowest BCUT2D eigenvalue weighted by molar-refractivity contribution is -0.134. The minimum absolute atomic E-state index is 0.0406. The number of amides is 1. The van der Waals surface area contributed by atoms with Crippen LogP contribution in [-0.2, 0) is 16.2 Å². The Kier molecular flexibility index (Phi) is 6.85. The molecule has 154 valence electrons. The van der Waals surface area contributed by atoms with Gasteiger partial charge in [0.05, 0.1) is 12.3 Å². The number of rotatable bonds is 7. The van der Waals surface area contributed by atoms with Gasteiger partial charge in [-0.05, 0) is 18.1 Å². The fraction of sp³-hybridized carbons (Fsp3) is 0.364. The highest BCUT2D eigenvalue weighted by Gasteiger charge is 2.28. The molecule has 1 amide bonds. The largest absolute Gasteiger partial charge is 0.390 e. The molecule has 7 heteroatoms. The zero-order valence-electron chi connectivity index (χ0n) is 16.4.